The minimum absolute atomic E-state index is 0.0711. The Hall–Kier alpha value is -2.11. The van der Waals surface area contributed by atoms with E-state index in [0.717, 1.165) is 17.7 Å². The summed E-state index contributed by atoms with van der Waals surface area (Å²) in [5.74, 6) is 0.822. The molecule has 1 amide bonds. The minimum Gasteiger partial charge on any atom is -0.465 e. The third kappa shape index (κ3) is 2.67. The topological polar surface area (TPSA) is 73.7 Å². The van der Waals surface area contributed by atoms with E-state index in [0.29, 0.717) is 25.2 Å². The van der Waals surface area contributed by atoms with Crippen LogP contribution in [0, 0.1) is 6.92 Å². The summed E-state index contributed by atoms with van der Waals surface area (Å²) in [7, 11) is 0. The van der Waals surface area contributed by atoms with E-state index in [1.54, 1.807) is 12.3 Å². The van der Waals surface area contributed by atoms with Crippen LogP contribution in [0.1, 0.15) is 22.8 Å². The number of carbonyl (C=O) groups is 2. The van der Waals surface area contributed by atoms with Gasteiger partial charge in [-0.05, 0) is 25.5 Å². The fraction of sp³-hybridized carbons (Fsp3) is 0.462. The molecule has 6 heteroatoms. The maximum atomic E-state index is 11.0. The van der Waals surface area contributed by atoms with Crippen molar-refractivity contribution in [2.24, 2.45) is 0 Å². The lowest BCUT2D eigenvalue weighted by Gasteiger charge is -2.39. The minimum atomic E-state index is -0.881. The highest BCUT2D eigenvalue weighted by molar-refractivity contribution is 5.75. The molecule has 0 saturated carbocycles. The molecule has 2 heterocycles. The predicted molar refractivity (Wildman–Crippen MR) is 70.8 cm³/mol. The first-order valence-electron chi connectivity index (χ1n) is 6.19. The van der Waals surface area contributed by atoms with Crippen LogP contribution in [0.5, 0.6) is 0 Å². The van der Waals surface area contributed by atoms with Gasteiger partial charge in [0, 0.05) is 37.4 Å². The van der Waals surface area contributed by atoms with E-state index in [4.69, 9.17) is 5.11 Å². The number of amides is 1. The Morgan fingerprint density at radius 2 is 2.26 bits per heavy atom. The summed E-state index contributed by atoms with van der Waals surface area (Å²) in [4.78, 5) is 29.5. The van der Waals surface area contributed by atoms with Crippen molar-refractivity contribution >= 4 is 18.2 Å². The second-order valence-corrected chi connectivity index (χ2v) is 4.80. The number of rotatable bonds is 2. The number of aromatic nitrogens is 1. The molecule has 1 fully saturated rings. The molecular weight excluding hydrogens is 246 g/mol. The van der Waals surface area contributed by atoms with Gasteiger partial charge in [-0.2, -0.15) is 0 Å². The summed E-state index contributed by atoms with van der Waals surface area (Å²) in [5.41, 5.74) is 1.49. The van der Waals surface area contributed by atoms with Crippen molar-refractivity contribution in [2.75, 3.05) is 24.5 Å². The number of carbonyl (C=O) groups excluding carboxylic acids is 1. The number of pyridine rings is 1. The standard InChI is InChI=1S/C13H17N3O3/c1-9-5-11(8-17)6-14-12(9)15-3-4-16(13(18)19)10(2)7-15/h5-6,8,10H,3-4,7H2,1-2H3,(H,18,19). The second-order valence-electron chi connectivity index (χ2n) is 4.80. The first kappa shape index (κ1) is 13.3. The van der Waals surface area contributed by atoms with Crippen molar-refractivity contribution in [3.8, 4) is 0 Å². The van der Waals surface area contributed by atoms with Crippen molar-refractivity contribution in [3.05, 3.63) is 23.4 Å². The molecule has 2 rings (SSSR count). The van der Waals surface area contributed by atoms with Gasteiger partial charge in [-0.1, -0.05) is 0 Å². The van der Waals surface area contributed by atoms with Crippen LogP contribution in [0.25, 0.3) is 0 Å². The van der Waals surface area contributed by atoms with E-state index in [1.165, 1.54) is 4.90 Å². The van der Waals surface area contributed by atoms with Crippen LogP contribution in [0.15, 0.2) is 12.3 Å². The van der Waals surface area contributed by atoms with Crippen molar-refractivity contribution < 1.29 is 14.7 Å². The third-order valence-corrected chi connectivity index (χ3v) is 3.38. The molecule has 102 valence electrons. The Kier molecular flexibility index (Phi) is 3.69. The average Bonchev–Trinajstić information content (AvgIpc) is 2.37. The molecule has 1 aromatic rings. The van der Waals surface area contributed by atoms with Crippen LogP contribution in [0.4, 0.5) is 10.6 Å². The number of hydrogen-bond donors (Lipinski definition) is 1. The Balaban J connectivity index is 2.16. The molecule has 0 aromatic carbocycles. The normalized spacial score (nSPS) is 19.4. The van der Waals surface area contributed by atoms with Crippen molar-refractivity contribution in [1.29, 1.82) is 0 Å². The molecule has 1 aromatic heterocycles. The monoisotopic (exact) mass is 263 g/mol. The zero-order chi connectivity index (χ0) is 14.0. The number of carboxylic acid groups (broad SMARTS) is 1. The molecule has 0 aliphatic carbocycles. The van der Waals surface area contributed by atoms with Crippen LogP contribution in [-0.2, 0) is 0 Å². The number of piperazine rings is 1. The molecule has 1 saturated heterocycles. The molecule has 1 aliphatic rings. The Morgan fingerprint density at radius 1 is 1.53 bits per heavy atom. The van der Waals surface area contributed by atoms with E-state index in [-0.39, 0.29) is 6.04 Å². The molecule has 1 unspecified atom stereocenters. The number of anilines is 1. The van der Waals surface area contributed by atoms with E-state index >= 15 is 0 Å². The summed E-state index contributed by atoms with van der Waals surface area (Å²) < 4.78 is 0. The summed E-state index contributed by atoms with van der Waals surface area (Å²) >= 11 is 0. The fourth-order valence-electron chi connectivity index (χ4n) is 2.42. The third-order valence-electron chi connectivity index (χ3n) is 3.38. The molecule has 0 bridgehead atoms. The number of aryl methyl sites for hydroxylation is 1. The van der Waals surface area contributed by atoms with Gasteiger partial charge in [0.2, 0.25) is 0 Å². The van der Waals surface area contributed by atoms with Gasteiger partial charge in [-0.25, -0.2) is 9.78 Å². The van der Waals surface area contributed by atoms with Gasteiger partial charge in [0.05, 0.1) is 0 Å². The van der Waals surface area contributed by atoms with Gasteiger partial charge in [0.25, 0.3) is 0 Å². The molecule has 1 atom stereocenters. The summed E-state index contributed by atoms with van der Waals surface area (Å²) in [5, 5.41) is 9.04. The van der Waals surface area contributed by atoms with Gasteiger partial charge in [-0.3, -0.25) is 4.79 Å². The lowest BCUT2D eigenvalue weighted by atomic mass is 10.1. The van der Waals surface area contributed by atoms with Crippen LogP contribution in [0.2, 0.25) is 0 Å². The van der Waals surface area contributed by atoms with Crippen molar-refractivity contribution in [1.82, 2.24) is 9.88 Å². The highest BCUT2D eigenvalue weighted by Crippen LogP contribution is 2.21. The van der Waals surface area contributed by atoms with Gasteiger partial charge < -0.3 is 14.9 Å². The highest BCUT2D eigenvalue weighted by Gasteiger charge is 2.28. The van der Waals surface area contributed by atoms with E-state index < -0.39 is 6.09 Å². The first-order chi connectivity index (χ1) is 9.02. The first-order valence-corrected chi connectivity index (χ1v) is 6.19. The molecular formula is C13H17N3O3. The van der Waals surface area contributed by atoms with Gasteiger partial charge in [0.15, 0.2) is 6.29 Å². The van der Waals surface area contributed by atoms with E-state index in [9.17, 15) is 9.59 Å². The maximum Gasteiger partial charge on any atom is 0.407 e. The molecule has 19 heavy (non-hydrogen) atoms. The zero-order valence-corrected chi connectivity index (χ0v) is 11.0. The molecule has 0 radical (unpaired) electrons. The Labute approximate surface area is 111 Å². The number of hydrogen-bond acceptors (Lipinski definition) is 4. The SMILES string of the molecule is Cc1cc(C=O)cnc1N1CCN(C(=O)O)C(C)C1. The Bertz CT molecular complexity index is 504. The zero-order valence-electron chi connectivity index (χ0n) is 11.0. The summed E-state index contributed by atoms with van der Waals surface area (Å²) in [6.07, 6.45) is 1.44. The average molecular weight is 263 g/mol. The van der Waals surface area contributed by atoms with Gasteiger partial charge in [-0.15, -0.1) is 0 Å². The summed E-state index contributed by atoms with van der Waals surface area (Å²) in [6, 6.07) is 1.72. The van der Waals surface area contributed by atoms with E-state index in [2.05, 4.69) is 9.88 Å². The van der Waals surface area contributed by atoms with Crippen LogP contribution < -0.4 is 4.90 Å². The van der Waals surface area contributed by atoms with Crippen LogP contribution >= 0.6 is 0 Å². The summed E-state index contributed by atoms with van der Waals surface area (Å²) in [6.45, 7) is 5.48. The van der Waals surface area contributed by atoms with E-state index in [1.807, 2.05) is 13.8 Å². The van der Waals surface area contributed by atoms with Crippen LogP contribution in [-0.4, -0.2) is 53.0 Å². The smallest absolute Gasteiger partial charge is 0.407 e. The number of nitrogens with zero attached hydrogens (tertiary/aromatic N) is 3. The van der Waals surface area contributed by atoms with Crippen molar-refractivity contribution in [3.63, 3.8) is 0 Å². The maximum absolute atomic E-state index is 11.0. The highest BCUT2D eigenvalue weighted by atomic mass is 16.4. The molecule has 0 spiro atoms. The van der Waals surface area contributed by atoms with Crippen molar-refractivity contribution in [2.45, 2.75) is 19.9 Å². The quantitative estimate of drug-likeness (QED) is 0.816. The molecule has 1 N–H and O–H groups in total. The second kappa shape index (κ2) is 5.26. The largest absolute Gasteiger partial charge is 0.465 e. The molecule has 1 aliphatic heterocycles. The fourth-order valence-corrected chi connectivity index (χ4v) is 2.42. The number of aldehydes is 1. The molecule has 6 nitrogen and oxygen atoms in total. The van der Waals surface area contributed by atoms with Crippen LogP contribution in [0.3, 0.4) is 0 Å². The van der Waals surface area contributed by atoms with Gasteiger partial charge in [0.1, 0.15) is 5.82 Å². The van der Waals surface area contributed by atoms with Gasteiger partial charge >= 0.3 is 6.09 Å². The Morgan fingerprint density at radius 3 is 2.79 bits per heavy atom. The lowest BCUT2D eigenvalue weighted by molar-refractivity contribution is 0.112. The predicted octanol–water partition coefficient (Wildman–Crippen LogP) is 1.39. The lowest BCUT2D eigenvalue weighted by Crippen LogP contribution is -2.54.